The minimum atomic E-state index is 0.630. The first-order valence-corrected chi connectivity index (χ1v) is 4.08. The highest BCUT2D eigenvalue weighted by Gasteiger charge is 2.36. The van der Waals surface area contributed by atoms with E-state index < -0.39 is 0 Å². The van der Waals surface area contributed by atoms with Crippen LogP contribution in [0.5, 0.6) is 0 Å². The van der Waals surface area contributed by atoms with Crippen LogP contribution < -0.4 is 0 Å². The monoisotopic (exact) mass is 136 g/mol. The Morgan fingerprint density at radius 3 is 3.00 bits per heavy atom. The summed E-state index contributed by atoms with van der Waals surface area (Å²) >= 11 is 0. The lowest BCUT2D eigenvalue weighted by atomic mass is 10.1. The lowest BCUT2D eigenvalue weighted by molar-refractivity contribution is 0.343. The molecule has 2 rings (SSSR count). The Morgan fingerprint density at radius 2 is 2.20 bits per heavy atom. The Balaban J connectivity index is 2.10. The van der Waals surface area contributed by atoms with Gasteiger partial charge in [-0.3, -0.25) is 0 Å². The highest BCUT2D eigenvalue weighted by atomic mass is 15.2. The van der Waals surface area contributed by atoms with Crippen molar-refractivity contribution in [1.82, 2.24) is 4.90 Å². The molecule has 1 aliphatic carbocycles. The van der Waals surface area contributed by atoms with Crippen LogP contribution in [0.2, 0.25) is 0 Å². The molecule has 54 valence electrons. The van der Waals surface area contributed by atoms with Gasteiger partial charge in [-0.2, -0.15) is 5.26 Å². The molecule has 10 heavy (non-hydrogen) atoms. The maximum Gasteiger partial charge on any atom is 0.179 e. The summed E-state index contributed by atoms with van der Waals surface area (Å²) < 4.78 is 0. The summed E-state index contributed by atoms with van der Waals surface area (Å²) in [6.45, 7) is 1.02. The van der Waals surface area contributed by atoms with Gasteiger partial charge < -0.3 is 4.90 Å². The second-order valence-electron chi connectivity index (χ2n) is 3.34. The molecule has 1 saturated carbocycles. The van der Waals surface area contributed by atoms with Gasteiger partial charge in [0.15, 0.2) is 6.19 Å². The smallest absolute Gasteiger partial charge is 0.179 e. The maximum absolute atomic E-state index is 8.69. The second-order valence-corrected chi connectivity index (χ2v) is 3.34. The Bertz CT molecular complexity index is 171. The summed E-state index contributed by atoms with van der Waals surface area (Å²) in [4.78, 5) is 1.97. The van der Waals surface area contributed by atoms with Gasteiger partial charge in [0, 0.05) is 12.6 Å². The second kappa shape index (κ2) is 2.16. The summed E-state index contributed by atoms with van der Waals surface area (Å²) in [7, 11) is 0. The molecule has 1 aliphatic heterocycles. The van der Waals surface area contributed by atoms with Crippen LogP contribution in [-0.4, -0.2) is 17.5 Å². The standard InChI is InChI=1S/C8H12N2/c9-6-10-5-4-7-2-1-3-8(7)10/h7-8H,1-5H2/t7-,8-/m0/s1. The Hall–Kier alpha value is -0.710. The summed E-state index contributed by atoms with van der Waals surface area (Å²) in [5.41, 5.74) is 0. The van der Waals surface area contributed by atoms with Crippen molar-refractivity contribution in [3.8, 4) is 6.19 Å². The zero-order valence-corrected chi connectivity index (χ0v) is 6.08. The molecule has 0 radical (unpaired) electrons. The van der Waals surface area contributed by atoms with Crippen LogP contribution in [0, 0.1) is 17.4 Å². The molecule has 0 aromatic heterocycles. The summed E-state index contributed by atoms with van der Waals surface area (Å²) in [6, 6.07) is 0.630. The Labute approximate surface area is 61.4 Å². The van der Waals surface area contributed by atoms with E-state index >= 15 is 0 Å². The Morgan fingerprint density at radius 1 is 1.30 bits per heavy atom. The van der Waals surface area contributed by atoms with Gasteiger partial charge in [-0.1, -0.05) is 6.42 Å². The quantitative estimate of drug-likeness (QED) is 0.470. The predicted molar refractivity (Wildman–Crippen MR) is 38.1 cm³/mol. The van der Waals surface area contributed by atoms with Gasteiger partial charge in [-0.25, -0.2) is 0 Å². The van der Waals surface area contributed by atoms with Gasteiger partial charge >= 0.3 is 0 Å². The van der Waals surface area contributed by atoms with E-state index in [1.807, 2.05) is 4.90 Å². The molecule has 2 heteroatoms. The molecular formula is C8H12N2. The molecular weight excluding hydrogens is 124 g/mol. The Kier molecular flexibility index (Phi) is 1.30. The third-order valence-corrected chi connectivity index (χ3v) is 2.89. The molecule has 0 aromatic carbocycles. The highest BCUT2D eigenvalue weighted by Crippen LogP contribution is 2.36. The zero-order valence-electron chi connectivity index (χ0n) is 6.08. The van der Waals surface area contributed by atoms with Gasteiger partial charge in [0.05, 0.1) is 0 Å². The van der Waals surface area contributed by atoms with Crippen molar-refractivity contribution in [2.75, 3.05) is 6.54 Å². The van der Waals surface area contributed by atoms with Crippen molar-refractivity contribution >= 4 is 0 Å². The highest BCUT2D eigenvalue weighted by molar-refractivity contribution is 4.96. The van der Waals surface area contributed by atoms with E-state index in [1.54, 1.807) is 0 Å². The number of fused-ring (bicyclic) bond motifs is 1. The fourth-order valence-electron chi connectivity index (χ4n) is 2.36. The van der Waals surface area contributed by atoms with Crippen molar-refractivity contribution in [2.24, 2.45) is 5.92 Å². The van der Waals surface area contributed by atoms with Crippen molar-refractivity contribution < 1.29 is 0 Å². The molecule has 0 bridgehead atoms. The van der Waals surface area contributed by atoms with Gasteiger partial charge in [0.25, 0.3) is 0 Å². The topological polar surface area (TPSA) is 27.0 Å². The van der Waals surface area contributed by atoms with E-state index in [0.717, 1.165) is 12.5 Å². The molecule has 0 unspecified atom stereocenters. The summed E-state index contributed by atoms with van der Waals surface area (Å²) in [6.07, 6.45) is 7.50. The summed E-state index contributed by atoms with van der Waals surface area (Å²) in [5.74, 6) is 0.861. The van der Waals surface area contributed by atoms with Crippen LogP contribution in [0.4, 0.5) is 0 Å². The molecule has 0 N–H and O–H groups in total. The largest absolute Gasteiger partial charge is 0.307 e. The fraction of sp³-hybridized carbons (Fsp3) is 0.875. The van der Waals surface area contributed by atoms with E-state index in [4.69, 9.17) is 5.26 Å². The lowest BCUT2D eigenvalue weighted by Crippen LogP contribution is -2.24. The van der Waals surface area contributed by atoms with Crippen LogP contribution in [0.1, 0.15) is 25.7 Å². The first-order chi connectivity index (χ1) is 4.92. The molecule has 0 spiro atoms. The van der Waals surface area contributed by atoms with Crippen molar-refractivity contribution in [1.29, 1.82) is 5.26 Å². The third-order valence-electron chi connectivity index (χ3n) is 2.89. The minimum absolute atomic E-state index is 0.630. The average molecular weight is 136 g/mol. The van der Waals surface area contributed by atoms with Crippen molar-refractivity contribution in [3.63, 3.8) is 0 Å². The van der Waals surface area contributed by atoms with Crippen LogP contribution in [0.25, 0.3) is 0 Å². The summed E-state index contributed by atoms with van der Waals surface area (Å²) in [5, 5.41) is 8.69. The lowest BCUT2D eigenvalue weighted by Gasteiger charge is -2.15. The first-order valence-electron chi connectivity index (χ1n) is 4.08. The number of hydrogen-bond acceptors (Lipinski definition) is 2. The number of nitriles is 1. The SMILES string of the molecule is N#CN1CC[C@@H]2CCC[C@@H]21. The fourth-order valence-corrected chi connectivity index (χ4v) is 2.36. The molecule has 1 heterocycles. The molecule has 1 saturated heterocycles. The molecule has 2 aliphatic rings. The van der Waals surface area contributed by atoms with E-state index in [1.165, 1.54) is 25.7 Å². The van der Waals surface area contributed by atoms with Crippen LogP contribution in [-0.2, 0) is 0 Å². The molecule has 2 nitrogen and oxygen atoms in total. The van der Waals surface area contributed by atoms with Gasteiger partial charge in [0.2, 0.25) is 0 Å². The number of rotatable bonds is 0. The average Bonchev–Trinajstić information content (AvgIpc) is 2.44. The van der Waals surface area contributed by atoms with Gasteiger partial charge in [-0.05, 0) is 25.2 Å². The van der Waals surface area contributed by atoms with E-state index in [9.17, 15) is 0 Å². The predicted octanol–water partition coefficient (Wildman–Crippen LogP) is 1.34. The first kappa shape index (κ1) is 6.03. The number of likely N-dealkylation sites (tertiary alicyclic amines) is 1. The number of hydrogen-bond donors (Lipinski definition) is 0. The number of nitrogens with zero attached hydrogens (tertiary/aromatic N) is 2. The molecule has 0 amide bonds. The van der Waals surface area contributed by atoms with E-state index in [-0.39, 0.29) is 0 Å². The van der Waals surface area contributed by atoms with E-state index in [2.05, 4.69) is 6.19 Å². The molecule has 2 fully saturated rings. The third kappa shape index (κ3) is 0.701. The van der Waals surface area contributed by atoms with Crippen molar-refractivity contribution in [2.45, 2.75) is 31.7 Å². The molecule has 2 atom stereocenters. The van der Waals surface area contributed by atoms with Gasteiger partial charge in [-0.15, -0.1) is 0 Å². The van der Waals surface area contributed by atoms with Crippen LogP contribution in [0.3, 0.4) is 0 Å². The maximum atomic E-state index is 8.69. The van der Waals surface area contributed by atoms with Crippen LogP contribution in [0.15, 0.2) is 0 Å². The van der Waals surface area contributed by atoms with E-state index in [0.29, 0.717) is 6.04 Å². The normalized spacial score (nSPS) is 37.7. The minimum Gasteiger partial charge on any atom is -0.307 e. The van der Waals surface area contributed by atoms with Crippen molar-refractivity contribution in [3.05, 3.63) is 0 Å². The molecule has 0 aromatic rings. The zero-order chi connectivity index (χ0) is 6.97. The van der Waals surface area contributed by atoms with Gasteiger partial charge in [0.1, 0.15) is 0 Å². The van der Waals surface area contributed by atoms with Crippen LogP contribution >= 0.6 is 0 Å².